The molecule has 0 bridgehead atoms. The number of nitrogens with one attached hydrogen (secondary N) is 1. The van der Waals surface area contributed by atoms with Crippen molar-refractivity contribution < 1.29 is 13.2 Å². The summed E-state index contributed by atoms with van der Waals surface area (Å²) in [5, 5.41) is 4.17. The van der Waals surface area contributed by atoms with Crippen molar-refractivity contribution >= 4 is 21.4 Å². The van der Waals surface area contributed by atoms with E-state index in [0.717, 1.165) is 25.1 Å². The number of hydrogen-bond acceptors (Lipinski definition) is 5. The zero-order valence-corrected chi connectivity index (χ0v) is 17.6. The summed E-state index contributed by atoms with van der Waals surface area (Å²) in [6, 6.07) is 7.50. The Bertz CT molecular complexity index is 829. The number of thiophene rings is 1. The molecule has 1 saturated heterocycles. The van der Waals surface area contributed by atoms with Crippen molar-refractivity contribution in [3.63, 3.8) is 0 Å². The number of aryl methyl sites for hydroxylation is 1. The smallest absolute Gasteiger partial charge is 0.244 e. The molecule has 0 aliphatic carbocycles. The Balaban J connectivity index is 1.82. The van der Waals surface area contributed by atoms with Gasteiger partial charge in [-0.15, -0.1) is 0 Å². The highest BCUT2D eigenvalue weighted by Crippen LogP contribution is 2.28. The van der Waals surface area contributed by atoms with Crippen molar-refractivity contribution in [3.05, 3.63) is 46.2 Å². The van der Waals surface area contributed by atoms with Crippen molar-refractivity contribution in [2.24, 2.45) is 0 Å². The van der Waals surface area contributed by atoms with Crippen molar-refractivity contribution in [2.75, 3.05) is 26.7 Å². The predicted molar refractivity (Wildman–Crippen MR) is 110 cm³/mol. The Morgan fingerprint density at radius 2 is 2.00 bits per heavy atom. The zero-order valence-electron chi connectivity index (χ0n) is 16.0. The summed E-state index contributed by atoms with van der Waals surface area (Å²) in [4.78, 5) is 2.61. The van der Waals surface area contributed by atoms with E-state index in [-0.39, 0.29) is 10.9 Å². The summed E-state index contributed by atoms with van der Waals surface area (Å²) in [7, 11) is -2.16. The molecular formula is C20H28N2O3S2. The Morgan fingerprint density at radius 1 is 1.22 bits per heavy atom. The van der Waals surface area contributed by atoms with Crippen LogP contribution in [-0.4, -0.2) is 40.1 Å². The molecule has 1 aliphatic heterocycles. The van der Waals surface area contributed by atoms with Crippen LogP contribution in [0.5, 0.6) is 5.75 Å². The first kappa shape index (κ1) is 20.3. The quantitative estimate of drug-likeness (QED) is 0.721. The Hall–Kier alpha value is -1.41. The lowest BCUT2D eigenvalue weighted by atomic mass is 10.0. The Labute approximate surface area is 166 Å². The first-order chi connectivity index (χ1) is 13.0. The molecule has 1 N–H and O–H groups in total. The number of benzene rings is 1. The van der Waals surface area contributed by atoms with Gasteiger partial charge in [0.05, 0.1) is 7.11 Å². The minimum absolute atomic E-state index is 0.0617. The Morgan fingerprint density at radius 3 is 2.63 bits per heavy atom. The van der Waals surface area contributed by atoms with E-state index in [1.54, 1.807) is 23.5 Å². The SMILES string of the molecule is CCc1ccc(OC)c(S(=O)(=O)NCC(c2ccsc2)N2CCCCC2)c1. The van der Waals surface area contributed by atoms with E-state index in [4.69, 9.17) is 4.74 Å². The van der Waals surface area contributed by atoms with E-state index in [0.29, 0.717) is 12.3 Å². The van der Waals surface area contributed by atoms with Crippen LogP contribution in [0.25, 0.3) is 0 Å². The summed E-state index contributed by atoms with van der Waals surface area (Å²) in [5.41, 5.74) is 2.15. The van der Waals surface area contributed by atoms with Crippen molar-refractivity contribution in [1.29, 1.82) is 0 Å². The monoisotopic (exact) mass is 408 g/mol. The van der Waals surface area contributed by atoms with Crippen molar-refractivity contribution in [1.82, 2.24) is 9.62 Å². The maximum Gasteiger partial charge on any atom is 0.244 e. The van der Waals surface area contributed by atoms with Gasteiger partial charge < -0.3 is 4.74 Å². The average molecular weight is 409 g/mol. The van der Waals surface area contributed by atoms with Gasteiger partial charge >= 0.3 is 0 Å². The molecule has 5 nitrogen and oxygen atoms in total. The molecule has 0 amide bonds. The molecule has 3 rings (SSSR count). The van der Waals surface area contributed by atoms with Gasteiger partial charge in [0.25, 0.3) is 0 Å². The number of methoxy groups -OCH3 is 1. The fraction of sp³-hybridized carbons (Fsp3) is 0.500. The van der Waals surface area contributed by atoms with Gasteiger partial charge in [0.2, 0.25) is 10.0 Å². The van der Waals surface area contributed by atoms with Gasteiger partial charge in [-0.2, -0.15) is 11.3 Å². The minimum atomic E-state index is -3.66. The molecule has 148 valence electrons. The lowest BCUT2D eigenvalue weighted by Crippen LogP contribution is -2.40. The summed E-state index contributed by atoms with van der Waals surface area (Å²) in [6.45, 7) is 4.39. The third-order valence-corrected chi connectivity index (χ3v) is 7.30. The fourth-order valence-corrected chi connectivity index (χ4v) is 5.53. The molecule has 27 heavy (non-hydrogen) atoms. The van der Waals surface area contributed by atoms with Crippen molar-refractivity contribution in [2.45, 2.75) is 43.5 Å². The molecule has 0 spiro atoms. The second-order valence-corrected chi connectivity index (χ2v) is 9.38. The lowest BCUT2D eigenvalue weighted by molar-refractivity contribution is 0.165. The van der Waals surface area contributed by atoms with Gasteiger partial charge in [0, 0.05) is 12.6 Å². The van der Waals surface area contributed by atoms with Crippen LogP contribution in [0.15, 0.2) is 39.9 Å². The number of likely N-dealkylation sites (tertiary alicyclic amines) is 1. The standard InChI is InChI=1S/C20H28N2O3S2/c1-3-16-7-8-19(25-2)20(13-16)27(23,24)21-14-18(17-9-12-26-15-17)22-10-5-4-6-11-22/h7-9,12-13,15,18,21H,3-6,10-11,14H2,1-2H3. The van der Waals surface area contributed by atoms with Crippen LogP contribution in [0.3, 0.4) is 0 Å². The highest BCUT2D eigenvalue weighted by atomic mass is 32.2. The molecule has 1 aliphatic rings. The van der Waals surface area contributed by atoms with Crippen molar-refractivity contribution in [3.8, 4) is 5.75 Å². The summed E-state index contributed by atoms with van der Waals surface area (Å²) >= 11 is 1.65. The first-order valence-electron chi connectivity index (χ1n) is 9.48. The number of piperidine rings is 1. The molecule has 1 aromatic carbocycles. The molecule has 2 aromatic rings. The summed E-state index contributed by atoms with van der Waals surface area (Å²) in [5.74, 6) is 0.379. The third kappa shape index (κ3) is 4.90. The van der Waals surface area contributed by atoms with Gasteiger partial charge in [-0.1, -0.05) is 19.4 Å². The van der Waals surface area contributed by atoms with Crippen LogP contribution >= 0.6 is 11.3 Å². The maximum atomic E-state index is 13.0. The van der Waals surface area contributed by atoms with Gasteiger partial charge in [-0.3, -0.25) is 4.90 Å². The normalized spacial score (nSPS) is 17.0. The van der Waals surface area contributed by atoms with E-state index in [9.17, 15) is 8.42 Å². The third-order valence-electron chi connectivity index (χ3n) is 5.15. The van der Waals surface area contributed by atoms with Crippen LogP contribution in [-0.2, 0) is 16.4 Å². The van der Waals surface area contributed by atoms with Gasteiger partial charge in [-0.25, -0.2) is 13.1 Å². The topological polar surface area (TPSA) is 58.6 Å². The molecule has 7 heteroatoms. The Kier molecular flexibility index (Phi) is 6.92. The second-order valence-electron chi connectivity index (χ2n) is 6.86. The number of nitrogens with zero attached hydrogens (tertiary/aromatic N) is 1. The maximum absolute atomic E-state index is 13.0. The largest absolute Gasteiger partial charge is 0.495 e. The minimum Gasteiger partial charge on any atom is -0.495 e. The number of sulfonamides is 1. The van der Waals surface area contributed by atoms with E-state index in [2.05, 4.69) is 26.4 Å². The molecule has 0 radical (unpaired) electrons. The van der Waals surface area contributed by atoms with Crippen LogP contribution in [0, 0.1) is 0 Å². The molecular weight excluding hydrogens is 380 g/mol. The lowest BCUT2D eigenvalue weighted by Gasteiger charge is -2.34. The molecule has 1 atom stereocenters. The molecule has 1 unspecified atom stereocenters. The van der Waals surface area contributed by atoms with Crippen LogP contribution in [0.4, 0.5) is 0 Å². The van der Waals surface area contributed by atoms with E-state index in [1.165, 1.54) is 31.9 Å². The average Bonchev–Trinajstić information content (AvgIpc) is 3.23. The fourth-order valence-electron chi connectivity index (χ4n) is 3.57. The molecule has 0 saturated carbocycles. The van der Waals surface area contributed by atoms with Gasteiger partial charge in [-0.05, 0) is 72.4 Å². The first-order valence-corrected chi connectivity index (χ1v) is 11.9. The highest BCUT2D eigenvalue weighted by molar-refractivity contribution is 7.89. The van der Waals surface area contributed by atoms with E-state index < -0.39 is 10.0 Å². The number of hydrogen-bond donors (Lipinski definition) is 1. The van der Waals surface area contributed by atoms with E-state index >= 15 is 0 Å². The zero-order chi connectivity index (χ0) is 19.3. The van der Waals surface area contributed by atoms with Gasteiger partial charge in [0.15, 0.2) is 0 Å². The van der Waals surface area contributed by atoms with Crippen LogP contribution in [0.2, 0.25) is 0 Å². The molecule has 2 heterocycles. The predicted octanol–water partition coefficient (Wildman–Crippen LogP) is 3.82. The molecule has 1 fully saturated rings. The van der Waals surface area contributed by atoms with Crippen LogP contribution in [0.1, 0.15) is 43.4 Å². The second kappa shape index (κ2) is 9.19. The number of rotatable bonds is 8. The summed E-state index contributed by atoms with van der Waals surface area (Å²) < 4.78 is 34.2. The van der Waals surface area contributed by atoms with Crippen LogP contribution < -0.4 is 9.46 Å². The molecule has 1 aromatic heterocycles. The summed E-state index contributed by atoms with van der Waals surface area (Å²) in [6.07, 6.45) is 4.36. The highest BCUT2D eigenvalue weighted by Gasteiger charge is 2.26. The van der Waals surface area contributed by atoms with Gasteiger partial charge in [0.1, 0.15) is 10.6 Å². The van der Waals surface area contributed by atoms with E-state index in [1.807, 2.05) is 13.0 Å². The number of ether oxygens (including phenoxy) is 1.